The van der Waals surface area contributed by atoms with Crippen molar-refractivity contribution in [3.8, 4) is 0 Å². The van der Waals surface area contributed by atoms with Crippen molar-refractivity contribution in [3.05, 3.63) is 58.5 Å². The summed E-state index contributed by atoms with van der Waals surface area (Å²) in [7, 11) is 0. The van der Waals surface area contributed by atoms with E-state index in [0.29, 0.717) is 30.0 Å². The van der Waals surface area contributed by atoms with Gasteiger partial charge >= 0.3 is 41.9 Å². The number of hydrogen-bond donors (Lipinski definition) is 1. The first kappa shape index (κ1) is 20.3. The van der Waals surface area contributed by atoms with Crippen molar-refractivity contribution < 1.29 is 62.4 Å². The molecule has 1 aromatic rings. The van der Waals surface area contributed by atoms with Crippen LogP contribution in [0, 0.1) is 0 Å². The number of halogens is 6. The largest absolute Gasteiger partial charge is 1.00 e. The monoisotopic (exact) mass is 398 g/mol. The summed E-state index contributed by atoms with van der Waals surface area (Å²) < 4.78 is 77.5. The molecule has 1 aromatic carbocycles. The summed E-state index contributed by atoms with van der Waals surface area (Å²) >= 11 is 0. The second kappa shape index (κ2) is 6.28. The third kappa shape index (κ3) is 3.30. The number of hydrogen-bond acceptors (Lipinski definition) is 3. The number of aliphatic imine (C=N–C) groups is 1. The molecule has 27 heavy (non-hydrogen) atoms. The van der Waals surface area contributed by atoms with Crippen molar-refractivity contribution in [1.29, 1.82) is 0 Å². The van der Waals surface area contributed by atoms with E-state index in [1.807, 2.05) is 0 Å². The molecule has 0 unspecified atom stereocenters. The average Bonchev–Trinajstić information content (AvgIpc) is 3.07. The van der Waals surface area contributed by atoms with Gasteiger partial charge in [-0.25, -0.2) is 0 Å². The second-order valence-corrected chi connectivity index (χ2v) is 6.58. The number of benzene rings is 1. The molecule has 10 heteroatoms. The van der Waals surface area contributed by atoms with Crippen molar-refractivity contribution in [2.24, 2.45) is 4.99 Å². The molecule has 0 bridgehead atoms. The number of fused-ring (bicyclic) bond motifs is 3. The van der Waals surface area contributed by atoms with Crippen LogP contribution in [0.1, 0.15) is 24.5 Å². The number of aryl methyl sites for hydroxylation is 1. The topological polar surface area (TPSA) is 35.8 Å². The molecule has 2 aliphatic heterocycles. The number of amidine groups is 1. The van der Waals surface area contributed by atoms with E-state index in [2.05, 4.69) is 4.99 Å². The van der Waals surface area contributed by atoms with Gasteiger partial charge in [0.05, 0.1) is 17.7 Å². The minimum atomic E-state index is -4.62. The van der Waals surface area contributed by atoms with Gasteiger partial charge in [0.15, 0.2) is 11.6 Å². The van der Waals surface area contributed by atoms with Crippen LogP contribution in [-0.4, -0.2) is 28.6 Å². The van der Waals surface area contributed by atoms with E-state index < -0.39 is 34.8 Å². The maximum atomic E-state index is 12.9. The van der Waals surface area contributed by atoms with Gasteiger partial charge in [0.25, 0.3) is 0 Å². The molecule has 3 aliphatic rings. The SMILES string of the molecule is OC1=CC(C(F)(F)F)=CN2C[C@@]3(CCc4cc(C(F)(F)F)ccc43)N=C12.[H-].[Na+]. The molecule has 1 atom stereocenters. The van der Waals surface area contributed by atoms with Crippen molar-refractivity contribution in [3.63, 3.8) is 0 Å². The van der Waals surface area contributed by atoms with Gasteiger partial charge in [-0.1, -0.05) is 6.07 Å². The number of aliphatic hydroxyl groups excluding tert-OH is 1. The van der Waals surface area contributed by atoms with Crippen LogP contribution in [0.4, 0.5) is 26.3 Å². The second-order valence-electron chi connectivity index (χ2n) is 6.58. The minimum Gasteiger partial charge on any atom is -1.00 e. The quantitative estimate of drug-likeness (QED) is 0.532. The standard InChI is InChI=1S/C17H12F6N2O.Na.H/c18-16(19,20)10-1-2-12-9(5-10)3-4-15(12)8-25-7-11(17(21,22)23)6-13(26)14(25)24-15;;/h1-2,5-7,26H,3-4,8H2;;/q;+1;-1/t15-;;/m1../s1. The predicted octanol–water partition coefficient (Wildman–Crippen LogP) is 1.58. The molecule has 0 aromatic heterocycles. The van der Waals surface area contributed by atoms with E-state index in [1.165, 1.54) is 11.0 Å². The van der Waals surface area contributed by atoms with E-state index in [0.717, 1.165) is 18.3 Å². The van der Waals surface area contributed by atoms with Gasteiger partial charge in [-0.3, -0.25) is 4.99 Å². The first-order chi connectivity index (χ1) is 12.0. The van der Waals surface area contributed by atoms with E-state index in [-0.39, 0.29) is 43.4 Å². The maximum absolute atomic E-state index is 12.9. The molecule has 0 saturated carbocycles. The molecular formula is C17H13F6N2NaO. The Morgan fingerprint density at radius 3 is 2.44 bits per heavy atom. The third-order valence-corrected chi connectivity index (χ3v) is 4.91. The number of alkyl halides is 6. The van der Waals surface area contributed by atoms with Crippen LogP contribution in [0.5, 0.6) is 0 Å². The molecule has 1 aliphatic carbocycles. The van der Waals surface area contributed by atoms with Crippen LogP contribution in [0.3, 0.4) is 0 Å². The van der Waals surface area contributed by atoms with Crippen molar-refractivity contribution in [1.82, 2.24) is 4.90 Å². The normalized spacial score (nSPS) is 24.1. The summed E-state index contributed by atoms with van der Waals surface area (Å²) in [5, 5.41) is 9.95. The van der Waals surface area contributed by atoms with Crippen LogP contribution in [0.15, 0.2) is 46.8 Å². The van der Waals surface area contributed by atoms with E-state index in [4.69, 9.17) is 0 Å². The van der Waals surface area contributed by atoms with Crippen LogP contribution in [0.2, 0.25) is 0 Å². The van der Waals surface area contributed by atoms with E-state index in [1.54, 1.807) is 0 Å². The van der Waals surface area contributed by atoms with Crippen LogP contribution < -0.4 is 29.6 Å². The zero-order valence-corrected chi connectivity index (χ0v) is 16.1. The summed E-state index contributed by atoms with van der Waals surface area (Å²) in [6, 6.07) is 3.35. The third-order valence-electron chi connectivity index (χ3n) is 4.91. The Kier molecular flexibility index (Phi) is 4.72. The Morgan fingerprint density at radius 2 is 1.81 bits per heavy atom. The van der Waals surface area contributed by atoms with Gasteiger partial charge < -0.3 is 11.4 Å². The molecule has 140 valence electrons. The summed E-state index contributed by atoms with van der Waals surface area (Å²) in [5.41, 5.74) is -1.68. The van der Waals surface area contributed by atoms with Crippen LogP contribution >= 0.6 is 0 Å². The Bertz CT molecular complexity index is 893. The maximum Gasteiger partial charge on any atom is 1.00 e. The Balaban J connectivity index is 0.00000140. The van der Waals surface area contributed by atoms with E-state index in [9.17, 15) is 31.4 Å². The number of nitrogens with zero attached hydrogens (tertiary/aromatic N) is 2. The predicted molar refractivity (Wildman–Crippen MR) is 81.5 cm³/mol. The first-order valence-corrected chi connectivity index (χ1v) is 7.77. The fraction of sp³-hybridized carbons (Fsp3) is 0.353. The van der Waals surface area contributed by atoms with Crippen LogP contribution in [0.25, 0.3) is 0 Å². The van der Waals surface area contributed by atoms with Crippen LogP contribution in [-0.2, 0) is 18.1 Å². The molecule has 2 heterocycles. The van der Waals surface area contributed by atoms with Crippen molar-refractivity contribution in [2.75, 3.05) is 6.54 Å². The Morgan fingerprint density at radius 1 is 1.11 bits per heavy atom. The molecule has 0 saturated heterocycles. The summed E-state index contributed by atoms with van der Waals surface area (Å²) in [5.74, 6) is -0.595. The fourth-order valence-corrected chi connectivity index (χ4v) is 3.73. The summed E-state index contributed by atoms with van der Waals surface area (Å²) in [6.45, 7) is 0.0399. The Labute approximate surface area is 173 Å². The van der Waals surface area contributed by atoms with Gasteiger partial charge in [-0.15, -0.1) is 0 Å². The van der Waals surface area contributed by atoms with Crippen molar-refractivity contribution >= 4 is 5.84 Å². The van der Waals surface area contributed by atoms with Gasteiger partial charge in [0.2, 0.25) is 0 Å². The number of rotatable bonds is 0. The number of aliphatic hydroxyl groups is 1. The zero-order valence-electron chi connectivity index (χ0n) is 15.1. The molecule has 0 radical (unpaired) electrons. The molecule has 3 nitrogen and oxygen atoms in total. The molecular weight excluding hydrogens is 385 g/mol. The minimum absolute atomic E-state index is 0. The molecule has 1 N–H and O–H groups in total. The molecule has 0 amide bonds. The smallest absolute Gasteiger partial charge is 1.00 e. The molecule has 1 spiro atoms. The Hall–Kier alpha value is -1.45. The van der Waals surface area contributed by atoms with Gasteiger partial charge in [0, 0.05) is 6.20 Å². The van der Waals surface area contributed by atoms with Gasteiger partial charge in [-0.05, 0) is 42.2 Å². The average molecular weight is 398 g/mol. The first-order valence-electron chi connectivity index (χ1n) is 7.77. The van der Waals surface area contributed by atoms with Gasteiger partial charge in [0.1, 0.15) is 5.54 Å². The zero-order chi connectivity index (χ0) is 18.9. The van der Waals surface area contributed by atoms with Crippen molar-refractivity contribution in [2.45, 2.75) is 30.7 Å². The van der Waals surface area contributed by atoms with E-state index >= 15 is 0 Å². The van der Waals surface area contributed by atoms with Gasteiger partial charge in [-0.2, -0.15) is 26.3 Å². The molecule has 0 fully saturated rings. The number of allylic oxidation sites excluding steroid dienone is 2. The fourth-order valence-electron chi connectivity index (χ4n) is 3.73. The summed E-state index contributed by atoms with van der Waals surface area (Å²) in [4.78, 5) is 5.62. The summed E-state index contributed by atoms with van der Waals surface area (Å²) in [6.07, 6.45) is -6.90. The molecule has 4 rings (SSSR count).